The zero-order valence-corrected chi connectivity index (χ0v) is 7.62. The van der Waals surface area contributed by atoms with Crippen molar-refractivity contribution in [3.05, 3.63) is 27.8 Å². The molecule has 0 fully saturated rings. The zero-order valence-electron chi connectivity index (χ0n) is 7.62. The number of nitro benzene ring substituents is 1. The van der Waals surface area contributed by atoms with Gasteiger partial charge in [-0.25, -0.2) is 0 Å². The highest BCUT2D eigenvalue weighted by Gasteiger charge is 2.20. The van der Waals surface area contributed by atoms with Gasteiger partial charge >= 0.3 is 5.69 Å². The first-order valence-corrected chi connectivity index (χ1v) is 4.05. The van der Waals surface area contributed by atoms with E-state index in [-0.39, 0.29) is 12.1 Å². The number of nitrogens with two attached hydrogens (primary N) is 1. The molecule has 0 aliphatic heterocycles. The predicted octanol–water partition coefficient (Wildman–Crippen LogP) is -0.00190. The number of phenols is 2. The molecule has 1 rings (SSSR count). The molecular formula is C8H10N2O5. The predicted molar refractivity (Wildman–Crippen MR) is 50.4 cm³/mol. The second-order valence-electron chi connectivity index (χ2n) is 2.92. The fraction of sp³-hybridized carbons (Fsp3) is 0.250. The Morgan fingerprint density at radius 1 is 1.47 bits per heavy atom. The molecule has 0 bridgehead atoms. The minimum absolute atomic E-state index is 0.0829. The maximum absolute atomic E-state index is 10.5. The minimum atomic E-state index is -1.12. The number of nitrogens with zero attached hydrogens (tertiary/aromatic N) is 1. The molecule has 0 saturated carbocycles. The van der Waals surface area contributed by atoms with E-state index in [0.29, 0.717) is 0 Å². The van der Waals surface area contributed by atoms with Gasteiger partial charge in [0.15, 0.2) is 5.75 Å². The van der Waals surface area contributed by atoms with Crippen molar-refractivity contribution < 1.29 is 20.2 Å². The lowest BCUT2D eigenvalue weighted by molar-refractivity contribution is -0.386. The second-order valence-corrected chi connectivity index (χ2v) is 2.92. The van der Waals surface area contributed by atoms with Crippen LogP contribution < -0.4 is 5.73 Å². The second kappa shape index (κ2) is 4.11. The third kappa shape index (κ3) is 2.14. The average Bonchev–Trinajstić information content (AvgIpc) is 2.20. The van der Waals surface area contributed by atoms with Crippen LogP contribution in [0.2, 0.25) is 0 Å². The van der Waals surface area contributed by atoms with E-state index in [1.165, 1.54) is 0 Å². The van der Waals surface area contributed by atoms with Gasteiger partial charge in [-0.1, -0.05) is 0 Å². The maximum Gasteiger partial charge on any atom is 0.315 e. The van der Waals surface area contributed by atoms with Gasteiger partial charge in [0.05, 0.1) is 11.0 Å². The Bertz CT molecular complexity index is 393. The van der Waals surface area contributed by atoms with Crippen LogP contribution in [0.3, 0.4) is 0 Å². The largest absolute Gasteiger partial charge is 0.504 e. The van der Waals surface area contributed by atoms with Crippen LogP contribution in [0.25, 0.3) is 0 Å². The molecule has 0 aliphatic carbocycles. The van der Waals surface area contributed by atoms with Crippen LogP contribution in [0, 0.1) is 10.1 Å². The lowest BCUT2D eigenvalue weighted by Gasteiger charge is -2.09. The molecule has 0 radical (unpaired) electrons. The summed E-state index contributed by atoms with van der Waals surface area (Å²) in [6.07, 6.45) is -1.12. The number of hydrogen-bond acceptors (Lipinski definition) is 6. The Balaban J connectivity index is 3.29. The highest BCUT2D eigenvalue weighted by molar-refractivity contribution is 5.56. The summed E-state index contributed by atoms with van der Waals surface area (Å²) in [5.41, 5.74) is 4.57. The topological polar surface area (TPSA) is 130 Å². The van der Waals surface area contributed by atoms with E-state index in [0.717, 1.165) is 12.1 Å². The van der Waals surface area contributed by atoms with Gasteiger partial charge in [-0.15, -0.1) is 0 Å². The van der Waals surface area contributed by atoms with Crippen molar-refractivity contribution >= 4 is 5.69 Å². The highest BCUT2D eigenvalue weighted by atomic mass is 16.6. The molecule has 0 amide bonds. The lowest BCUT2D eigenvalue weighted by atomic mass is 10.1. The molecule has 1 aromatic carbocycles. The number of aliphatic hydroxyl groups is 1. The molecule has 7 heteroatoms. The van der Waals surface area contributed by atoms with Gasteiger partial charge in [0.1, 0.15) is 0 Å². The Morgan fingerprint density at radius 3 is 2.53 bits per heavy atom. The molecule has 7 nitrogen and oxygen atoms in total. The van der Waals surface area contributed by atoms with E-state index >= 15 is 0 Å². The van der Waals surface area contributed by atoms with Crippen molar-refractivity contribution in [2.24, 2.45) is 5.73 Å². The van der Waals surface area contributed by atoms with Crippen molar-refractivity contribution in [2.75, 3.05) is 6.54 Å². The Hall–Kier alpha value is -1.86. The highest BCUT2D eigenvalue weighted by Crippen LogP contribution is 2.37. The third-order valence-electron chi connectivity index (χ3n) is 1.90. The van der Waals surface area contributed by atoms with Crippen molar-refractivity contribution in [3.8, 4) is 11.5 Å². The van der Waals surface area contributed by atoms with Crippen LogP contribution >= 0.6 is 0 Å². The van der Waals surface area contributed by atoms with E-state index in [4.69, 9.17) is 15.9 Å². The van der Waals surface area contributed by atoms with Crippen LogP contribution in [-0.2, 0) is 0 Å². The molecule has 1 aromatic rings. The summed E-state index contributed by atoms with van der Waals surface area (Å²) in [6.45, 7) is -0.138. The van der Waals surface area contributed by atoms with Gasteiger partial charge in [-0.3, -0.25) is 10.1 Å². The molecular weight excluding hydrogens is 204 g/mol. The lowest BCUT2D eigenvalue weighted by Crippen LogP contribution is -2.11. The number of rotatable bonds is 3. The first-order valence-electron chi connectivity index (χ1n) is 4.05. The van der Waals surface area contributed by atoms with Gasteiger partial charge in [0.2, 0.25) is 5.75 Å². The molecule has 82 valence electrons. The molecule has 1 atom stereocenters. The molecule has 0 heterocycles. The van der Waals surface area contributed by atoms with Crippen LogP contribution in [0.15, 0.2) is 12.1 Å². The van der Waals surface area contributed by atoms with Crippen LogP contribution in [0.1, 0.15) is 11.7 Å². The van der Waals surface area contributed by atoms with Gasteiger partial charge in [-0.2, -0.15) is 0 Å². The first kappa shape index (κ1) is 11.2. The smallest absolute Gasteiger partial charge is 0.315 e. The number of nitro groups is 1. The third-order valence-corrected chi connectivity index (χ3v) is 1.90. The number of aromatic hydroxyl groups is 2. The van der Waals surface area contributed by atoms with E-state index in [1.807, 2.05) is 0 Å². The molecule has 0 aromatic heterocycles. The van der Waals surface area contributed by atoms with Crippen molar-refractivity contribution in [1.29, 1.82) is 0 Å². The summed E-state index contributed by atoms with van der Waals surface area (Å²) in [7, 11) is 0. The maximum atomic E-state index is 10.5. The van der Waals surface area contributed by atoms with Crippen LogP contribution in [-0.4, -0.2) is 26.8 Å². The molecule has 0 unspecified atom stereocenters. The van der Waals surface area contributed by atoms with E-state index in [2.05, 4.69) is 0 Å². The van der Waals surface area contributed by atoms with Crippen molar-refractivity contribution in [1.82, 2.24) is 0 Å². The Kier molecular flexibility index (Phi) is 3.08. The van der Waals surface area contributed by atoms with E-state index < -0.39 is 28.2 Å². The van der Waals surface area contributed by atoms with E-state index in [1.54, 1.807) is 0 Å². The number of hydrogen-bond donors (Lipinski definition) is 4. The summed E-state index contributed by atoms with van der Waals surface area (Å²) in [5.74, 6) is -1.49. The van der Waals surface area contributed by atoms with Gasteiger partial charge in [0, 0.05) is 12.6 Å². The van der Waals surface area contributed by atoms with Crippen molar-refractivity contribution in [2.45, 2.75) is 6.10 Å². The normalized spacial score (nSPS) is 12.4. The quantitative estimate of drug-likeness (QED) is 0.318. The monoisotopic (exact) mass is 214 g/mol. The molecule has 15 heavy (non-hydrogen) atoms. The summed E-state index contributed by atoms with van der Waals surface area (Å²) in [5, 5.41) is 38.1. The summed E-state index contributed by atoms with van der Waals surface area (Å²) >= 11 is 0. The van der Waals surface area contributed by atoms with Gasteiger partial charge in [-0.05, 0) is 11.6 Å². The summed E-state index contributed by atoms with van der Waals surface area (Å²) in [6, 6.07) is 1.99. The van der Waals surface area contributed by atoms with E-state index in [9.17, 15) is 15.2 Å². The SMILES string of the molecule is NC[C@H](O)c1cc(O)c(O)c([N+](=O)[O-])c1. The summed E-state index contributed by atoms with van der Waals surface area (Å²) in [4.78, 5) is 9.60. The van der Waals surface area contributed by atoms with Gasteiger partial charge in [0.25, 0.3) is 0 Å². The molecule has 0 aliphatic rings. The fourth-order valence-electron chi connectivity index (χ4n) is 1.09. The van der Waals surface area contributed by atoms with Crippen LogP contribution in [0.5, 0.6) is 11.5 Å². The van der Waals surface area contributed by atoms with Gasteiger partial charge < -0.3 is 21.1 Å². The molecule has 0 spiro atoms. The Morgan fingerprint density at radius 2 is 2.07 bits per heavy atom. The number of aliphatic hydroxyl groups excluding tert-OH is 1. The summed E-state index contributed by atoms with van der Waals surface area (Å²) < 4.78 is 0. The first-order chi connectivity index (χ1) is 6.97. The number of benzene rings is 1. The molecule has 5 N–H and O–H groups in total. The molecule has 0 saturated heterocycles. The van der Waals surface area contributed by atoms with Crippen molar-refractivity contribution in [3.63, 3.8) is 0 Å². The van der Waals surface area contributed by atoms with Crippen LogP contribution in [0.4, 0.5) is 5.69 Å². The zero-order chi connectivity index (χ0) is 11.6. The standard InChI is InChI=1S/C8H10N2O5/c9-3-7(12)4-1-5(10(14)15)8(13)6(11)2-4/h1-2,7,11-13H,3,9H2/t7-/m0/s1. The fourth-order valence-corrected chi connectivity index (χ4v) is 1.09. The average molecular weight is 214 g/mol. The minimum Gasteiger partial charge on any atom is -0.504 e. The Labute approximate surface area is 84.5 Å². The number of phenolic OH excluding ortho intramolecular Hbond substituents is 2.